The molecule has 0 radical (unpaired) electrons. The smallest absolute Gasteiger partial charge is 0.329 e. The molecule has 8 heteroatoms. The Morgan fingerprint density at radius 2 is 1.90 bits per heavy atom. The summed E-state index contributed by atoms with van der Waals surface area (Å²) >= 11 is 1.33. The van der Waals surface area contributed by atoms with Gasteiger partial charge in [-0.1, -0.05) is 30.7 Å². The summed E-state index contributed by atoms with van der Waals surface area (Å²) in [5.41, 5.74) is 3.21. The minimum Gasteiger partial charge on any atom is -0.488 e. The van der Waals surface area contributed by atoms with Gasteiger partial charge in [0.05, 0.1) is 18.5 Å². The summed E-state index contributed by atoms with van der Waals surface area (Å²) in [4.78, 5) is 44.5. The minimum absolute atomic E-state index is 0.0461. The molecule has 0 aliphatic rings. The summed E-state index contributed by atoms with van der Waals surface area (Å²) in [6.45, 7) is 6.37. The molecule has 3 heterocycles. The number of pyridine rings is 1. The first-order valence-corrected chi connectivity index (χ1v) is 10.9. The number of hydrogen-bond acceptors (Lipinski definition) is 5. The zero-order valence-electron chi connectivity index (χ0n) is 17.6. The number of aryl methyl sites for hydroxylation is 2. The van der Waals surface area contributed by atoms with E-state index in [-0.39, 0.29) is 23.3 Å². The molecular formula is C23H23N3O4S. The largest absolute Gasteiger partial charge is 0.488 e. The molecule has 0 atom stereocenters. The Labute approximate surface area is 182 Å². The number of rotatable bonds is 6. The number of hydrogen-bond donors (Lipinski definition) is 2. The molecule has 0 saturated heterocycles. The Balaban J connectivity index is 1.79. The van der Waals surface area contributed by atoms with Crippen LogP contribution >= 0.6 is 11.3 Å². The van der Waals surface area contributed by atoms with Gasteiger partial charge in [0.2, 0.25) is 5.43 Å². The maximum absolute atomic E-state index is 13.3. The van der Waals surface area contributed by atoms with Crippen LogP contribution in [0.3, 0.4) is 0 Å². The van der Waals surface area contributed by atoms with Crippen molar-refractivity contribution in [2.24, 2.45) is 0 Å². The third-order valence-corrected chi connectivity index (χ3v) is 6.01. The maximum atomic E-state index is 13.3. The van der Waals surface area contributed by atoms with Gasteiger partial charge >= 0.3 is 5.69 Å². The zero-order valence-corrected chi connectivity index (χ0v) is 18.4. The van der Waals surface area contributed by atoms with Gasteiger partial charge in [0.15, 0.2) is 5.75 Å². The molecule has 7 nitrogen and oxygen atoms in total. The van der Waals surface area contributed by atoms with Crippen LogP contribution < -0.4 is 21.4 Å². The number of benzene rings is 1. The van der Waals surface area contributed by atoms with E-state index in [4.69, 9.17) is 4.74 Å². The lowest BCUT2D eigenvalue weighted by Gasteiger charge is -2.09. The Hall–Kier alpha value is -3.39. The van der Waals surface area contributed by atoms with Gasteiger partial charge in [-0.2, -0.15) is 0 Å². The van der Waals surface area contributed by atoms with E-state index in [2.05, 4.69) is 16.0 Å². The van der Waals surface area contributed by atoms with Crippen molar-refractivity contribution in [1.82, 2.24) is 14.5 Å². The van der Waals surface area contributed by atoms with Gasteiger partial charge in [0, 0.05) is 28.9 Å². The average molecular weight is 438 g/mol. The molecule has 0 unspecified atom stereocenters. The SMILES string of the molecule is CCCOc1c[nH]c(Cn2c(=O)[nH]c3scc(-c4ccc(C)cc4C)c3c2=O)cc1=O. The molecule has 0 saturated carbocycles. The Bertz CT molecular complexity index is 1440. The molecule has 0 aliphatic carbocycles. The number of nitrogens with zero attached hydrogens (tertiary/aromatic N) is 1. The summed E-state index contributed by atoms with van der Waals surface area (Å²) < 4.78 is 6.50. The van der Waals surface area contributed by atoms with Gasteiger partial charge in [-0.25, -0.2) is 4.79 Å². The van der Waals surface area contributed by atoms with Gasteiger partial charge in [0.25, 0.3) is 5.56 Å². The first-order chi connectivity index (χ1) is 14.9. The second kappa shape index (κ2) is 8.39. The van der Waals surface area contributed by atoms with E-state index in [1.54, 1.807) is 0 Å². The molecular weight excluding hydrogens is 414 g/mol. The lowest BCUT2D eigenvalue weighted by molar-refractivity contribution is 0.313. The van der Waals surface area contributed by atoms with Gasteiger partial charge in [0.1, 0.15) is 4.83 Å². The number of thiophene rings is 1. The normalized spacial score (nSPS) is 11.2. The van der Waals surface area contributed by atoms with Crippen molar-refractivity contribution in [3.05, 3.63) is 83.7 Å². The number of ether oxygens (including phenoxy) is 1. The standard InChI is InChI=1S/C23H23N3O4S/c1-4-7-30-19-10-24-15(9-18(19)27)11-26-22(28)20-17(12-31-21(20)25-23(26)29)16-6-5-13(2)8-14(16)3/h5-6,8-10,12H,4,7,11H2,1-3H3,(H,24,27)(H,25,29). The number of aromatic amines is 2. The molecule has 2 N–H and O–H groups in total. The van der Waals surface area contributed by atoms with Crippen LogP contribution in [-0.2, 0) is 6.54 Å². The van der Waals surface area contributed by atoms with Crippen LogP contribution in [0, 0.1) is 13.8 Å². The topological polar surface area (TPSA) is 96.9 Å². The molecule has 0 amide bonds. The van der Waals surface area contributed by atoms with Crippen LogP contribution in [0.25, 0.3) is 21.3 Å². The van der Waals surface area contributed by atoms with Crippen molar-refractivity contribution in [3.63, 3.8) is 0 Å². The van der Waals surface area contributed by atoms with Gasteiger partial charge in [-0.05, 0) is 31.4 Å². The molecule has 31 heavy (non-hydrogen) atoms. The van der Waals surface area contributed by atoms with Crippen LogP contribution in [0.5, 0.6) is 5.75 Å². The van der Waals surface area contributed by atoms with Crippen LogP contribution in [0.2, 0.25) is 0 Å². The zero-order chi connectivity index (χ0) is 22.1. The minimum atomic E-state index is -0.515. The molecule has 0 aliphatic heterocycles. The number of nitrogens with one attached hydrogen (secondary N) is 2. The number of aromatic nitrogens is 3. The van der Waals surface area contributed by atoms with Gasteiger partial charge < -0.3 is 9.72 Å². The van der Waals surface area contributed by atoms with Crippen LogP contribution in [0.1, 0.15) is 30.2 Å². The monoisotopic (exact) mass is 437 g/mol. The van der Waals surface area contributed by atoms with Crippen molar-refractivity contribution in [2.75, 3.05) is 6.61 Å². The fraction of sp³-hybridized carbons (Fsp3) is 0.261. The molecule has 0 spiro atoms. The van der Waals surface area contributed by atoms with Gasteiger partial charge in [-0.15, -0.1) is 11.3 Å². The quantitative estimate of drug-likeness (QED) is 0.482. The van der Waals surface area contributed by atoms with Crippen molar-refractivity contribution < 1.29 is 4.74 Å². The lowest BCUT2D eigenvalue weighted by atomic mass is 9.99. The van der Waals surface area contributed by atoms with Crippen LogP contribution in [0.4, 0.5) is 0 Å². The molecule has 4 rings (SSSR count). The van der Waals surface area contributed by atoms with E-state index in [9.17, 15) is 14.4 Å². The Morgan fingerprint density at radius 3 is 2.61 bits per heavy atom. The Morgan fingerprint density at radius 1 is 1.10 bits per heavy atom. The van der Waals surface area contributed by atoms with E-state index in [0.29, 0.717) is 22.5 Å². The van der Waals surface area contributed by atoms with E-state index >= 15 is 0 Å². The van der Waals surface area contributed by atoms with Crippen LogP contribution in [0.15, 0.2) is 50.2 Å². The average Bonchev–Trinajstić information content (AvgIpc) is 3.14. The van der Waals surface area contributed by atoms with Crippen molar-refractivity contribution in [2.45, 2.75) is 33.7 Å². The predicted octanol–water partition coefficient (Wildman–Crippen LogP) is 3.56. The molecule has 1 aromatic carbocycles. The highest BCUT2D eigenvalue weighted by atomic mass is 32.1. The molecule has 3 aromatic heterocycles. The van der Waals surface area contributed by atoms with E-state index in [1.807, 2.05) is 38.3 Å². The molecule has 4 aromatic rings. The summed E-state index contributed by atoms with van der Waals surface area (Å²) in [6, 6.07) is 7.42. The van der Waals surface area contributed by atoms with E-state index in [0.717, 1.165) is 33.2 Å². The van der Waals surface area contributed by atoms with Crippen LogP contribution in [-0.4, -0.2) is 21.1 Å². The highest BCUT2D eigenvalue weighted by Crippen LogP contribution is 2.32. The first kappa shape index (κ1) is 20.9. The van der Waals surface area contributed by atoms with Crippen molar-refractivity contribution in [3.8, 4) is 16.9 Å². The predicted molar refractivity (Wildman–Crippen MR) is 124 cm³/mol. The summed E-state index contributed by atoms with van der Waals surface area (Å²) in [7, 11) is 0. The third kappa shape index (κ3) is 3.98. The lowest BCUT2D eigenvalue weighted by Crippen LogP contribution is -2.35. The van der Waals surface area contributed by atoms with Crippen molar-refractivity contribution in [1.29, 1.82) is 0 Å². The van der Waals surface area contributed by atoms with Crippen molar-refractivity contribution >= 4 is 21.6 Å². The molecule has 160 valence electrons. The highest BCUT2D eigenvalue weighted by molar-refractivity contribution is 7.17. The fourth-order valence-corrected chi connectivity index (χ4v) is 4.54. The molecule has 0 fully saturated rings. The first-order valence-electron chi connectivity index (χ1n) is 10.1. The second-order valence-electron chi connectivity index (χ2n) is 7.53. The fourth-order valence-electron chi connectivity index (χ4n) is 3.60. The Kier molecular flexibility index (Phi) is 5.65. The maximum Gasteiger partial charge on any atom is 0.329 e. The summed E-state index contributed by atoms with van der Waals surface area (Å²) in [5, 5.41) is 2.37. The van der Waals surface area contributed by atoms with E-state index < -0.39 is 5.69 Å². The highest BCUT2D eigenvalue weighted by Gasteiger charge is 2.17. The third-order valence-electron chi connectivity index (χ3n) is 5.11. The van der Waals surface area contributed by atoms with E-state index in [1.165, 1.54) is 23.6 Å². The number of H-pyrrole nitrogens is 2. The summed E-state index contributed by atoms with van der Waals surface area (Å²) in [5.74, 6) is 0.220. The molecule has 0 bridgehead atoms. The summed E-state index contributed by atoms with van der Waals surface area (Å²) in [6.07, 6.45) is 2.26. The second-order valence-corrected chi connectivity index (χ2v) is 8.41. The van der Waals surface area contributed by atoms with Gasteiger partial charge in [-0.3, -0.25) is 19.1 Å². The number of fused-ring (bicyclic) bond motifs is 1.